The van der Waals surface area contributed by atoms with E-state index in [1.807, 2.05) is 13.0 Å². The fourth-order valence-corrected chi connectivity index (χ4v) is 0.870. The topological polar surface area (TPSA) is 49.3 Å². The first-order valence-corrected chi connectivity index (χ1v) is 2.87. The third kappa shape index (κ3) is 1.04. The van der Waals surface area contributed by atoms with Crippen LogP contribution in [0.1, 0.15) is 6.92 Å². The molecule has 1 rings (SSSR count). The van der Waals surface area contributed by atoms with E-state index in [9.17, 15) is 4.79 Å². The summed E-state index contributed by atoms with van der Waals surface area (Å²) in [5, 5.41) is 11.2. The molecule has 2 N–H and O–H groups in total. The van der Waals surface area contributed by atoms with Crippen molar-refractivity contribution >= 4 is 5.97 Å². The predicted molar refractivity (Wildman–Crippen MR) is 32.9 cm³/mol. The van der Waals surface area contributed by atoms with Crippen molar-refractivity contribution in [3.8, 4) is 0 Å². The SMILES string of the molecule is C[C@@H]1C=CN[C@H]1C(=O)O. The van der Waals surface area contributed by atoms with Gasteiger partial charge in [0.2, 0.25) is 0 Å². The zero-order chi connectivity index (χ0) is 6.85. The Bertz CT molecular complexity index is 153. The Balaban J connectivity index is 2.55. The third-order valence-corrected chi connectivity index (χ3v) is 1.47. The van der Waals surface area contributed by atoms with E-state index in [-0.39, 0.29) is 5.92 Å². The van der Waals surface area contributed by atoms with Crippen molar-refractivity contribution in [3.63, 3.8) is 0 Å². The average molecular weight is 127 g/mol. The van der Waals surface area contributed by atoms with E-state index in [2.05, 4.69) is 5.32 Å². The van der Waals surface area contributed by atoms with E-state index in [1.54, 1.807) is 6.20 Å². The number of hydrogen-bond donors (Lipinski definition) is 2. The minimum absolute atomic E-state index is 0.113. The summed E-state index contributed by atoms with van der Waals surface area (Å²) in [5.41, 5.74) is 0. The molecule has 0 aromatic heterocycles. The van der Waals surface area contributed by atoms with Gasteiger partial charge in [-0.05, 0) is 6.20 Å². The zero-order valence-electron chi connectivity index (χ0n) is 5.16. The van der Waals surface area contributed by atoms with Gasteiger partial charge in [-0.1, -0.05) is 13.0 Å². The van der Waals surface area contributed by atoms with Gasteiger partial charge in [0.25, 0.3) is 0 Å². The molecular weight excluding hydrogens is 118 g/mol. The van der Waals surface area contributed by atoms with Crippen LogP contribution < -0.4 is 5.32 Å². The third-order valence-electron chi connectivity index (χ3n) is 1.47. The molecule has 3 nitrogen and oxygen atoms in total. The van der Waals surface area contributed by atoms with Crippen molar-refractivity contribution in [2.45, 2.75) is 13.0 Å². The van der Waals surface area contributed by atoms with Crippen LogP contribution in [0.3, 0.4) is 0 Å². The second-order valence-corrected chi connectivity index (χ2v) is 2.20. The summed E-state index contributed by atoms with van der Waals surface area (Å²) in [6, 6.07) is -0.412. The van der Waals surface area contributed by atoms with Crippen LogP contribution in [-0.4, -0.2) is 17.1 Å². The highest BCUT2D eigenvalue weighted by atomic mass is 16.4. The van der Waals surface area contributed by atoms with E-state index < -0.39 is 12.0 Å². The Labute approximate surface area is 53.4 Å². The van der Waals surface area contributed by atoms with Crippen LogP contribution in [0.25, 0.3) is 0 Å². The van der Waals surface area contributed by atoms with Crippen molar-refractivity contribution in [1.82, 2.24) is 5.32 Å². The summed E-state index contributed by atoms with van der Waals surface area (Å²) in [5.74, 6) is -0.671. The standard InChI is InChI=1S/C6H9NO2/c1-4-2-3-7-5(4)6(8)9/h2-5,7H,1H3,(H,8,9)/t4-,5-/m1/s1. The van der Waals surface area contributed by atoms with E-state index >= 15 is 0 Å². The van der Waals surface area contributed by atoms with Crippen molar-refractivity contribution in [3.05, 3.63) is 12.3 Å². The molecule has 2 atom stereocenters. The van der Waals surface area contributed by atoms with Crippen molar-refractivity contribution < 1.29 is 9.90 Å². The highest BCUT2D eigenvalue weighted by Gasteiger charge is 2.24. The van der Waals surface area contributed by atoms with E-state index in [0.29, 0.717) is 0 Å². The second-order valence-electron chi connectivity index (χ2n) is 2.20. The highest BCUT2D eigenvalue weighted by Crippen LogP contribution is 2.09. The molecule has 0 fully saturated rings. The maximum atomic E-state index is 10.3. The van der Waals surface area contributed by atoms with Crippen LogP contribution in [-0.2, 0) is 4.79 Å². The largest absolute Gasteiger partial charge is 0.480 e. The predicted octanol–water partition coefficient (Wildman–Crippen LogP) is 0.193. The van der Waals surface area contributed by atoms with Gasteiger partial charge in [-0.3, -0.25) is 0 Å². The number of hydrogen-bond acceptors (Lipinski definition) is 2. The van der Waals surface area contributed by atoms with Crippen LogP contribution in [0, 0.1) is 5.92 Å². The van der Waals surface area contributed by atoms with Crippen LogP contribution in [0.2, 0.25) is 0 Å². The number of carboxylic acid groups (broad SMARTS) is 1. The van der Waals surface area contributed by atoms with Gasteiger partial charge in [0, 0.05) is 5.92 Å². The molecule has 1 aliphatic rings. The quantitative estimate of drug-likeness (QED) is 0.528. The molecule has 0 spiro atoms. The molecule has 9 heavy (non-hydrogen) atoms. The minimum atomic E-state index is -0.785. The van der Waals surface area contributed by atoms with Crippen LogP contribution in [0.15, 0.2) is 12.3 Å². The molecule has 0 radical (unpaired) electrons. The van der Waals surface area contributed by atoms with Gasteiger partial charge in [0.05, 0.1) is 0 Å². The number of rotatable bonds is 1. The molecule has 0 saturated heterocycles. The molecular formula is C6H9NO2. The second kappa shape index (κ2) is 2.09. The van der Waals surface area contributed by atoms with E-state index in [4.69, 9.17) is 5.11 Å². The van der Waals surface area contributed by atoms with Gasteiger partial charge < -0.3 is 10.4 Å². The highest BCUT2D eigenvalue weighted by molar-refractivity contribution is 5.74. The minimum Gasteiger partial charge on any atom is -0.480 e. The molecule has 0 saturated carbocycles. The average Bonchev–Trinajstić information content (AvgIpc) is 2.13. The lowest BCUT2D eigenvalue weighted by atomic mass is 10.1. The smallest absolute Gasteiger partial charge is 0.326 e. The number of aliphatic carboxylic acids is 1. The summed E-state index contributed by atoms with van der Waals surface area (Å²) >= 11 is 0. The van der Waals surface area contributed by atoms with Crippen LogP contribution in [0.5, 0.6) is 0 Å². The first-order valence-electron chi connectivity index (χ1n) is 2.87. The first-order chi connectivity index (χ1) is 4.22. The molecule has 0 bridgehead atoms. The lowest BCUT2D eigenvalue weighted by Crippen LogP contribution is -2.33. The molecule has 50 valence electrons. The molecule has 0 aromatic carbocycles. The van der Waals surface area contributed by atoms with E-state index in [0.717, 1.165) is 0 Å². The molecule has 3 heteroatoms. The fourth-order valence-electron chi connectivity index (χ4n) is 0.870. The number of nitrogens with one attached hydrogen (secondary N) is 1. The number of carboxylic acids is 1. The molecule has 0 aromatic rings. The Morgan fingerprint density at radius 1 is 1.78 bits per heavy atom. The summed E-state index contributed by atoms with van der Waals surface area (Å²) < 4.78 is 0. The van der Waals surface area contributed by atoms with Gasteiger partial charge in [0.1, 0.15) is 6.04 Å². The molecule has 0 amide bonds. The summed E-state index contributed by atoms with van der Waals surface area (Å²) in [6.07, 6.45) is 3.53. The first kappa shape index (κ1) is 6.13. The van der Waals surface area contributed by atoms with E-state index in [1.165, 1.54) is 0 Å². The summed E-state index contributed by atoms with van der Waals surface area (Å²) in [4.78, 5) is 10.3. The van der Waals surface area contributed by atoms with Gasteiger partial charge >= 0.3 is 5.97 Å². The lowest BCUT2D eigenvalue weighted by molar-refractivity contribution is -0.139. The molecule has 1 aliphatic heterocycles. The zero-order valence-corrected chi connectivity index (χ0v) is 5.16. The van der Waals surface area contributed by atoms with Crippen molar-refractivity contribution in [2.75, 3.05) is 0 Å². The van der Waals surface area contributed by atoms with Crippen molar-refractivity contribution in [2.24, 2.45) is 5.92 Å². The van der Waals surface area contributed by atoms with Gasteiger partial charge in [-0.15, -0.1) is 0 Å². The Morgan fingerprint density at radius 3 is 2.67 bits per heavy atom. The summed E-state index contributed by atoms with van der Waals surface area (Å²) in [7, 11) is 0. The van der Waals surface area contributed by atoms with Crippen LogP contribution >= 0.6 is 0 Å². The fraction of sp³-hybridized carbons (Fsp3) is 0.500. The Hall–Kier alpha value is -0.990. The van der Waals surface area contributed by atoms with Gasteiger partial charge in [-0.2, -0.15) is 0 Å². The molecule has 0 unspecified atom stereocenters. The maximum absolute atomic E-state index is 10.3. The Morgan fingerprint density at radius 2 is 2.44 bits per heavy atom. The summed E-state index contributed by atoms with van der Waals surface area (Å²) in [6.45, 7) is 1.87. The molecule has 0 aliphatic carbocycles. The Kier molecular flexibility index (Phi) is 1.42. The van der Waals surface area contributed by atoms with Crippen molar-refractivity contribution in [1.29, 1.82) is 0 Å². The number of carbonyl (C=O) groups is 1. The molecule has 1 heterocycles. The lowest BCUT2D eigenvalue weighted by Gasteiger charge is -2.08. The van der Waals surface area contributed by atoms with Crippen LogP contribution in [0.4, 0.5) is 0 Å². The van der Waals surface area contributed by atoms with Gasteiger partial charge in [-0.25, -0.2) is 4.79 Å². The van der Waals surface area contributed by atoms with Gasteiger partial charge in [0.15, 0.2) is 0 Å². The normalized spacial score (nSPS) is 32.1. The maximum Gasteiger partial charge on any atom is 0.326 e. The monoisotopic (exact) mass is 127 g/mol.